The van der Waals surface area contributed by atoms with Crippen LogP contribution in [0, 0.1) is 0 Å². The molecular formula is C16H19N5O3. The van der Waals surface area contributed by atoms with E-state index in [2.05, 4.69) is 20.5 Å². The van der Waals surface area contributed by atoms with Gasteiger partial charge in [-0.1, -0.05) is 0 Å². The molecule has 126 valence electrons. The van der Waals surface area contributed by atoms with Crippen LogP contribution in [0.3, 0.4) is 0 Å². The summed E-state index contributed by atoms with van der Waals surface area (Å²) in [5, 5.41) is 12.0. The van der Waals surface area contributed by atoms with Gasteiger partial charge in [0.15, 0.2) is 0 Å². The van der Waals surface area contributed by atoms with Crippen molar-refractivity contribution in [3.8, 4) is 0 Å². The largest absolute Gasteiger partial charge is 0.383 e. The van der Waals surface area contributed by atoms with Gasteiger partial charge in [-0.3, -0.25) is 4.79 Å². The highest BCUT2D eigenvalue weighted by molar-refractivity contribution is 6.05. The maximum Gasteiger partial charge on any atom is 0.251 e. The van der Waals surface area contributed by atoms with Gasteiger partial charge in [0.05, 0.1) is 30.6 Å². The van der Waals surface area contributed by atoms with Crippen LogP contribution in [0.25, 0.3) is 22.1 Å². The molecule has 0 unspecified atom stereocenters. The van der Waals surface area contributed by atoms with E-state index < -0.39 is 0 Å². The Kier molecular flexibility index (Phi) is 4.97. The van der Waals surface area contributed by atoms with Crippen LogP contribution in [0.15, 0.2) is 24.5 Å². The molecule has 0 saturated heterocycles. The maximum atomic E-state index is 12.2. The molecule has 1 aromatic carbocycles. The smallest absolute Gasteiger partial charge is 0.251 e. The minimum atomic E-state index is -0.151. The highest BCUT2D eigenvalue weighted by Crippen LogP contribution is 2.22. The number of nitrogens with one attached hydrogen (secondary N) is 1. The predicted molar refractivity (Wildman–Crippen MR) is 88.9 cm³/mol. The third kappa shape index (κ3) is 3.19. The molecule has 0 radical (unpaired) electrons. The first kappa shape index (κ1) is 16.3. The van der Waals surface area contributed by atoms with Crippen molar-refractivity contribution in [3.63, 3.8) is 0 Å². The first-order chi connectivity index (χ1) is 11.7. The number of hydrogen-bond acceptors (Lipinski definition) is 6. The zero-order valence-electron chi connectivity index (χ0n) is 13.7. The second-order valence-electron chi connectivity index (χ2n) is 5.28. The highest BCUT2D eigenvalue weighted by atomic mass is 16.5. The summed E-state index contributed by atoms with van der Waals surface area (Å²) in [6, 6.07) is 5.35. The van der Waals surface area contributed by atoms with Gasteiger partial charge in [-0.25, -0.2) is 4.98 Å². The van der Waals surface area contributed by atoms with E-state index in [1.54, 1.807) is 32.7 Å². The summed E-state index contributed by atoms with van der Waals surface area (Å²) in [6.07, 6.45) is 1.71. The summed E-state index contributed by atoms with van der Waals surface area (Å²) in [5.74, 6) is -0.151. The average molecular weight is 329 g/mol. The number of amides is 1. The summed E-state index contributed by atoms with van der Waals surface area (Å²) >= 11 is 0. The van der Waals surface area contributed by atoms with Crippen LogP contribution >= 0.6 is 0 Å². The van der Waals surface area contributed by atoms with Gasteiger partial charge in [-0.05, 0) is 18.2 Å². The summed E-state index contributed by atoms with van der Waals surface area (Å²) in [4.78, 5) is 16.5. The van der Waals surface area contributed by atoms with E-state index in [1.165, 1.54) is 0 Å². The van der Waals surface area contributed by atoms with Crippen LogP contribution in [0.2, 0.25) is 0 Å². The molecule has 0 atom stereocenters. The Bertz CT molecular complexity index is 861. The lowest BCUT2D eigenvalue weighted by atomic mass is 10.1. The Balaban J connectivity index is 2.01. The number of rotatable bonds is 7. The molecule has 1 N–H and O–H groups in total. The molecule has 3 aromatic rings. The Morgan fingerprint density at radius 2 is 2.04 bits per heavy atom. The number of aromatic nitrogens is 4. The highest BCUT2D eigenvalue weighted by Gasteiger charge is 2.13. The molecule has 2 aromatic heterocycles. The van der Waals surface area contributed by atoms with Crippen LogP contribution in [-0.4, -0.2) is 59.6 Å². The first-order valence-corrected chi connectivity index (χ1v) is 7.62. The minimum Gasteiger partial charge on any atom is -0.383 e. The lowest BCUT2D eigenvalue weighted by molar-refractivity contribution is 0.0937. The van der Waals surface area contributed by atoms with Crippen molar-refractivity contribution >= 4 is 28.0 Å². The van der Waals surface area contributed by atoms with E-state index in [4.69, 9.17) is 9.47 Å². The quantitative estimate of drug-likeness (QED) is 0.650. The number of nitrogens with zero attached hydrogens (tertiary/aromatic N) is 4. The zero-order valence-corrected chi connectivity index (χ0v) is 13.7. The molecule has 0 bridgehead atoms. The molecule has 0 spiro atoms. The number of hydrogen-bond donors (Lipinski definition) is 1. The molecule has 0 aliphatic carbocycles. The van der Waals surface area contributed by atoms with Crippen LogP contribution in [0.1, 0.15) is 10.4 Å². The van der Waals surface area contributed by atoms with Crippen LogP contribution in [0.5, 0.6) is 0 Å². The van der Waals surface area contributed by atoms with Crippen molar-refractivity contribution in [2.45, 2.75) is 6.54 Å². The number of carbonyl (C=O) groups is 1. The fraction of sp³-hybridized carbons (Fsp3) is 0.375. The molecule has 0 aliphatic rings. The van der Waals surface area contributed by atoms with Crippen molar-refractivity contribution in [3.05, 3.63) is 30.1 Å². The van der Waals surface area contributed by atoms with E-state index in [9.17, 15) is 4.79 Å². The van der Waals surface area contributed by atoms with Crippen molar-refractivity contribution in [2.75, 3.05) is 34.0 Å². The van der Waals surface area contributed by atoms with E-state index in [-0.39, 0.29) is 5.91 Å². The molecule has 0 saturated carbocycles. The van der Waals surface area contributed by atoms with Gasteiger partial charge in [-0.15, -0.1) is 10.2 Å². The molecule has 8 heteroatoms. The predicted octanol–water partition coefficient (Wildman–Crippen LogP) is 1.00. The van der Waals surface area contributed by atoms with E-state index in [0.717, 1.165) is 16.4 Å². The van der Waals surface area contributed by atoms with Gasteiger partial charge in [0.1, 0.15) is 0 Å². The lowest BCUT2D eigenvalue weighted by Gasteiger charge is -2.08. The number of imidazole rings is 1. The third-order valence-corrected chi connectivity index (χ3v) is 3.71. The maximum absolute atomic E-state index is 12.2. The monoisotopic (exact) mass is 329 g/mol. The second kappa shape index (κ2) is 7.33. The molecule has 1 amide bonds. The zero-order chi connectivity index (χ0) is 16.9. The SMILES string of the molecule is COCCNC(=O)c1ccc2nnc3ncn(CCOC)c3c2c1. The summed E-state index contributed by atoms with van der Waals surface area (Å²) < 4.78 is 12.0. The Morgan fingerprint density at radius 3 is 2.83 bits per heavy atom. The second-order valence-corrected chi connectivity index (χ2v) is 5.28. The first-order valence-electron chi connectivity index (χ1n) is 7.62. The molecular weight excluding hydrogens is 310 g/mol. The normalized spacial score (nSPS) is 11.2. The van der Waals surface area contributed by atoms with Gasteiger partial charge in [0.2, 0.25) is 5.65 Å². The standard InChI is InChI=1S/C16H19N5O3/c1-23-7-5-17-16(22)11-3-4-13-12(9-11)14-15(20-19-13)18-10-21(14)6-8-24-2/h3-4,9-10H,5-8H2,1-2H3,(H,17,22). The third-order valence-electron chi connectivity index (χ3n) is 3.71. The average Bonchev–Trinajstić information content (AvgIpc) is 3.03. The fourth-order valence-electron chi connectivity index (χ4n) is 2.50. The molecule has 24 heavy (non-hydrogen) atoms. The number of fused-ring (bicyclic) bond motifs is 3. The van der Waals surface area contributed by atoms with Crippen molar-refractivity contribution in [2.24, 2.45) is 0 Å². The topological polar surface area (TPSA) is 91.2 Å². The van der Waals surface area contributed by atoms with Gasteiger partial charge < -0.3 is 19.4 Å². The van der Waals surface area contributed by atoms with E-state index >= 15 is 0 Å². The lowest BCUT2D eigenvalue weighted by Crippen LogP contribution is -2.26. The van der Waals surface area contributed by atoms with Crippen molar-refractivity contribution in [1.29, 1.82) is 0 Å². The molecule has 3 rings (SSSR count). The van der Waals surface area contributed by atoms with Gasteiger partial charge in [-0.2, -0.15) is 0 Å². The summed E-state index contributed by atoms with van der Waals surface area (Å²) in [5.41, 5.74) is 2.68. The summed E-state index contributed by atoms with van der Waals surface area (Å²) in [6.45, 7) is 2.15. The number of carbonyl (C=O) groups excluding carboxylic acids is 1. The van der Waals surface area contributed by atoms with Gasteiger partial charge in [0.25, 0.3) is 5.91 Å². The fourth-order valence-corrected chi connectivity index (χ4v) is 2.50. The summed E-state index contributed by atoms with van der Waals surface area (Å²) in [7, 11) is 3.25. The van der Waals surface area contributed by atoms with Crippen LogP contribution < -0.4 is 5.32 Å². The molecule has 0 fully saturated rings. The number of methoxy groups -OCH3 is 2. The van der Waals surface area contributed by atoms with Crippen LogP contribution in [-0.2, 0) is 16.0 Å². The van der Waals surface area contributed by atoms with Crippen molar-refractivity contribution < 1.29 is 14.3 Å². The minimum absolute atomic E-state index is 0.151. The van der Waals surface area contributed by atoms with Crippen molar-refractivity contribution in [1.82, 2.24) is 25.1 Å². The Hall–Kier alpha value is -2.58. The molecule has 2 heterocycles. The number of ether oxygens (including phenoxy) is 2. The Labute approximate surface area is 138 Å². The van der Waals surface area contributed by atoms with Crippen LogP contribution in [0.4, 0.5) is 0 Å². The van der Waals surface area contributed by atoms with Gasteiger partial charge in [0, 0.05) is 38.3 Å². The van der Waals surface area contributed by atoms with E-state index in [0.29, 0.717) is 37.5 Å². The Morgan fingerprint density at radius 1 is 1.21 bits per heavy atom. The molecule has 0 aliphatic heterocycles. The van der Waals surface area contributed by atoms with Gasteiger partial charge >= 0.3 is 0 Å². The number of benzene rings is 1. The van der Waals surface area contributed by atoms with E-state index in [1.807, 2.05) is 10.6 Å². The molecule has 8 nitrogen and oxygen atoms in total.